The van der Waals surface area contributed by atoms with Crippen LogP contribution in [0.5, 0.6) is 0 Å². The first-order chi connectivity index (χ1) is 36.5. The van der Waals surface area contributed by atoms with E-state index in [0.29, 0.717) is 19.3 Å². The summed E-state index contributed by atoms with van der Waals surface area (Å²) in [7, 11) is 0. The predicted molar refractivity (Wildman–Crippen MR) is 321 cm³/mol. The molecule has 1 unspecified atom stereocenters. The monoisotopic (exact) mass is 1030 g/mol. The van der Waals surface area contributed by atoms with Crippen molar-refractivity contribution in [2.75, 3.05) is 13.2 Å². The first-order valence-corrected chi connectivity index (χ1v) is 32.3. The zero-order valence-corrected chi connectivity index (χ0v) is 49.4. The van der Waals surface area contributed by atoms with E-state index in [-0.39, 0.29) is 31.1 Å². The maximum absolute atomic E-state index is 12.8. The third-order valence-electron chi connectivity index (χ3n) is 14.2. The topological polar surface area (TPSA) is 78.9 Å². The van der Waals surface area contributed by atoms with Crippen LogP contribution in [0.1, 0.15) is 335 Å². The van der Waals surface area contributed by atoms with Gasteiger partial charge >= 0.3 is 17.9 Å². The molecule has 74 heavy (non-hydrogen) atoms. The van der Waals surface area contributed by atoms with E-state index in [2.05, 4.69) is 81.5 Å². The van der Waals surface area contributed by atoms with Crippen LogP contribution < -0.4 is 0 Å². The van der Waals surface area contributed by atoms with E-state index in [1.165, 1.54) is 199 Å². The summed E-state index contributed by atoms with van der Waals surface area (Å²) in [5.74, 6) is -0.880. The Bertz CT molecular complexity index is 1330. The molecule has 0 aromatic rings. The number of unbranched alkanes of at least 4 members (excludes halogenated alkanes) is 38. The average Bonchev–Trinajstić information content (AvgIpc) is 3.40. The van der Waals surface area contributed by atoms with Gasteiger partial charge in [-0.3, -0.25) is 14.4 Å². The first kappa shape index (κ1) is 71.1. The van der Waals surface area contributed by atoms with Crippen molar-refractivity contribution in [2.45, 2.75) is 341 Å². The van der Waals surface area contributed by atoms with Crippen molar-refractivity contribution in [2.24, 2.45) is 0 Å². The molecular weight excluding hydrogens is 913 g/mol. The molecule has 0 aliphatic heterocycles. The smallest absolute Gasteiger partial charge is 0.306 e. The highest BCUT2D eigenvalue weighted by Gasteiger charge is 2.19. The summed E-state index contributed by atoms with van der Waals surface area (Å²) in [4.78, 5) is 38.0. The molecule has 0 aromatic heterocycles. The molecule has 0 bridgehead atoms. The van der Waals surface area contributed by atoms with Gasteiger partial charge in [0.25, 0.3) is 0 Å². The van der Waals surface area contributed by atoms with Gasteiger partial charge in [-0.25, -0.2) is 0 Å². The van der Waals surface area contributed by atoms with Gasteiger partial charge < -0.3 is 14.2 Å². The number of hydrogen-bond donors (Lipinski definition) is 0. The molecule has 0 rings (SSSR count). The lowest BCUT2D eigenvalue weighted by Crippen LogP contribution is -2.30. The highest BCUT2D eigenvalue weighted by atomic mass is 16.6. The van der Waals surface area contributed by atoms with Gasteiger partial charge in [-0.05, 0) is 89.9 Å². The van der Waals surface area contributed by atoms with Crippen LogP contribution in [0.4, 0.5) is 0 Å². The molecule has 6 nitrogen and oxygen atoms in total. The molecular formula is C68H122O6. The molecule has 0 N–H and O–H groups in total. The van der Waals surface area contributed by atoms with Gasteiger partial charge in [-0.1, -0.05) is 287 Å². The Balaban J connectivity index is 4.02. The summed E-state index contributed by atoms with van der Waals surface area (Å²) >= 11 is 0. The maximum Gasteiger partial charge on any atom is 0.306 e. The van der Waals surface area contributed by atoms with E-state index in [1.807, 2.05) is 0 Å². The fourth-order valence-corrected chi connectivity index (χ4v) is 9.36. The molecule has 0 heterocycles. The van der Waals surface area contributed by atoms with E-state index in [9.17, 15) is 14.4 Å². The molecule has 0 amide bonds. The summed E-state index contributed by atoms with van der Waals surface area (Å²) in [5, 5.41) is 0. The Morgan fingerprint density at radius 3 is 0.784 bits per heavy atom. The van der Waals surface area contributed by atoms with Gasteiger partial charge in [0.05, 0.1) is 0 Å². The molecule has 1 atom stereocenters. The zero-order chi connectivity index (χ0) is 53.6. The molecule has 0 fully saturated rings. The molecule has 430 valence electrons. The highest BCUT2D eigenvalue weighted by molar-refractivity contribution is 5.71. The Hall–Kier alpha value is -2.89. The predicted octanol–water partition coefficient (Wildman–Crippen LogP) is 21.9. The highest BCUT2D eigenvalue weighted by Crippen LogP contribution is 2.17. The van der Waals surface area contributed by atoms with E-state index in [0.717, 1.165) is 96.3 Å². The van der Waals surface area contributed by atoms with Crippen LogP contribution >= 0.6 is 0 Å². The van der Waals surface area contributed by atoms with E-state index in [4.69, 9.17) is 14.2 Å². The second-order valence-electron chi connectivity index (χ2n) is 21.7. The SMILES string of the molecule is CCCCC/C=C\C/C=C\CCCCCCCC(=O)OC(COC(=O)CCCCCCCCCC)COC(=O)CCCCCCCCCCCCCCCCCCCC/C=C\C/C=C\C/C=C\CCCCCCC. The van der Waals surface area contributed by atoms with Gasteiger partial charge in [0.1, 0.15) is 13.2 Å². The lowest BCUT2D eigenvalue weighted by atomic mass is 10.0. The van der Waals surface area contributed by atoms with Crippen molar-refractivity contribution >= 4 is 17.9 Å². The van der Waals surface area contributed by atoms with E-state index in [1.54, 1.807) is 0 Å². The third kappa shape index (κ3) is 60.0. The van der Waals surface area contributed by atoms with E-state index >= 15 is 0 Å². The molecule has 0 saturated heterocycles. The van der Waals surface area contributed by atoms with Crippen LogP contribution in [0.2, 0.25) is 0 Å². The van der Waals surface area contributed by atoms with Crippen LogP contribution in [0.25, 0.3) is 0 Å². The van der Waals surface area contributed by atoms with Gasteiger partial charge in [-0.15, -0.1) is 0 Å². The molecule has 6 heteroatoms. The average molecular weight is 1040 g/mol. The second-order valence-corrected chi connectivity index (χ2v) is 21.7. The number of carbonyl (C=O) groups excluding carboxylic acids is 3. The second kappa shape index (κ2) is 62.6. The lowest BCUT2D eigenvalue weighted by molar-refractivity contribution is -0.167. The minimum absolute atomic E-state index is 0.0761. The van der Waals surface area contributed by atoms with Crippen molar-refractivity contribution in [1.82, 2.24) is 0 Å². The Kier molecular flexibility index (Phi) is 60.2. The standard InChI is InChI=1S/C68H122O6/c1-4-7-10-13-16-19-21-23-25-26-27-28-29-30-31-32-33-34-35-36-37-38-39-40-41-42-44-45-47-49-52-55-58-61-67(70)73-64-65(63-72-66(69)60-57-54-51-18-15-12-9-6-3)74-68(71)62-59-56-53-50-48-46-43-24-22-20-17-14-11-8-5-2/h17,20-21,23-24,26-27,29-30,43,65H,4-16,18-19,22,25,28,31-42,44-64H2,1-3H3/b20-17-,23-21-,27-26-,30-29-,43-24-. The number of allylic oxidation sites excluding steroid dienone is 10. The summed E-state index contributed by atoms with van der Waals surface area (Å²) in [6.45, 7) is 6.59. The van der Waals surface area contributed by atoms with Gasteiger partial charge in [0.2, 0.25) is 0 Å². The number of rotatable bonds is 59. The molecule has 0 aromatic carbocycles. The summed E-state index contributed by atoms with van der Waals surface area (Å²) in [5.41, 5.74) is 0. The maximum atomic E-state index is 12.8. The Morgan fingerprint density at radius 2 is 0.486 bits per heavy atom. The summed E-state index contributed by atoms with van der Waals surface area (Å²) < 4.78 is 16.8. The minimum atomic E-state index is -0.777. The fourth-order valence-electron chi connectivity index (χ4n) is 9.36. The Labute approximate surface area is 460 Å². The van der Waals surface area contributed by atoms with Crippen LogP contribution in [-0.2, 0) is 28.6 Å². The molecule has 0 radical (unpaired) electrons. The molecule has 0 spiro atoms. The van der Waals surface area contributed by atoms with Gasteiger partial charge in [0, 0.05) is 19.3 Å². The largest absolute Gasteiger partial charge is 0.462 e. The zero-order valence-electron chi connectivity index (χ0n) is 49.4. The van der Waals surface area contributed by atoms with Crippen LogP contribution in [0.15, 0.2) is 60.8 Å². The van der Waals surface area contributed by atoms with Gasteiger partial charge in [-0.2, -0.15) is 0 Å². The minimum Gasteiger partial charge on any atom is -0.462 e. The summed E-state index contributed by atoms with van der Waals surface area (Å²) in [6, 6.07) is 0. The number of carbonyl (C=O) groups is 3. The van der Waals surface area contributed by atoms with Crippen molar-refractivity contribution in [3.05, 3.63) is 60.8 Å². The molecule has 0 aliphatic carbocycles. The van der Waals surface area contributed by atoms with Crippen molar-refractivity contribution in [3.8, 4) is 0 Å². The van der Waals surface area contributed by atoms with Gasteiger partial charge in [0.15, 0.2) is 6.10 Å². The number of hydrogen-bond acceptors (Lipinski definition) is 6. The van der Waals surface area contributed by atoms with E-state index < -0.39 is 6.10 Å². The van der Waals surface area contributed by atoms with Crippen LogP contribution in [-0.4, -0.2) is 37.2 Å². The van der Waals surface area contributed by atoms with Crippen molar-refractivity contribution in [3.63, 3.8) is 0 Å². The third-order valence-corrected chi connectivity index (χ3v) is 14.2. The normalized spacial score (nSPS) is 12.4. The lowest BCUT2D eigenvalue weighted by Gasteiger charge is -2.18. The first-order valence-electron chi connectivity index (χ1n) is 32.3. The summed E-state index contributed by atoms with van der Waals surface area (Å²) in [6.07, 6.45) is 79.8. The van der Waals surface area contributed by atoms with Crippen LogP contribution in [0, 0.1) is 0 Å². The molecule has 0 saturated carbocycles. The number of esters is 3. The van der Waals surface area contributed by atoms with Crippen molar-refractivity contribution in [1.29, 1.82) is 0 Å². The van der Waals surface area contributed by atoms with Crippen molar-refractivity contribution < 1.29 is 28.6 Å². The fraction of sp³-hybridized carbons (Fsp3) is 0.809. The molecule has 0 aliphatic rings. The Morgan fingerprint density at radius 1 is 0.270 bits per heavy atom. The number of ether oxygens (including phenoxy) is 3. The quantitative estimate of drug-likeness (QED) is 0.0261. The van der Waals surface area contributed by atoms with Crippen LogP contribution in [0.3, 0.4) is 0 Å².